The number of aliphatic carboxylic acids is 1. The predicted octanol–water partition coefficient (Wildman–Crippen LogP) is 1.64. The highest BCUT2D eigenvalue weighted by Gasteiger charge is 2.34. The van der Waals surface area contributed by atoms with Crippen LogP contribution in [0.2, 0.25) is 0 Å². The van der Waals surface area contributed by atoms with Gasteiger partial charge in [0.25, 0.3) is 5.56 Å². The lowest BCUT2D eigenvalue weighted by Crippen LogP contribution is -2.23. The van der Waals surface area contributed by atoms with Crippen LogP contribution in [0.3, 0.4) is 0 Å². The van der Waals surface area contributed by atoms with Crippen LogP contribution >= 0.6 is 11.6 Å². The van der Waals surface area contributed by atoms with Gasteiger partial charge in [0.1, 0.15) is 5.75 Å². The first kappa shape index (κ1) is 14.4. The Morgan fingerprint density at radius 1 is 1.50 bits per heavy atom. The minimum atomic E-state index is -5.04. The van der Waals surface area contributed by atoms with Crippen molar-refractivity contribution in [3.05, 3.63) is 27.7 Å². The number of aromatic nitrogens is 1. The van der Waals surface area contributed by atoms with Gasteiger partial charge in [-0.1, -0.05) is 0 Å². The monoisotopic (exact) mass is 285 g/mol. The van der Waals surface area contributed by atoms with Crippen LogP contribution in [0.1, 0.15) is 11.1 Å². The first-order chi connectivity index (χ1) is 8.24. The lowest BCUT2D eigenvalue weighted by molar-refractivity contribution is -0.275. The molecule has 0 spiro atoms. The van der Waals surface area contributed by atoms with Gasteiger partial charge in [0.2, 0.25) is 0 Å². The van der Waals surface area contributed by atoms with Crippen LogP contribution < -0.4 is 10.3 Å². The minimum absolute atomic E-state index is 0.310. The highest BCUT2D eigenvalue weighted by molar-refractivity contribution is 6.17. The van der Waals surface area contributed by atoms with Crippen LogP contribution in [0.4, 0.5) is 13.2 Å². The Kier molecular flexibility index (Phi) is 4.23. The Hall–Kier alpha value is -1.70. The Labute approximate surface area is 103 Å². The number of carbonyl (C=O) groups is 1. The molecule has 0 radical (unpaired) electrons. The number of hydrogen-bond donors (Lipinski definition) is 2. The van der Waals surface area contributed by atoms with Gasteiger partial charge in [-0.3, -0.25) is 9.59 Å². The molecule has 1 rings (SSSR count). The van der Waals surface area contributed by atoms with Gasteiger partial charge in [-0.25, -0.2) is 0 Å². The molecule has 2 N–H and O–H groups in total. The molecule has 1 aromatic rings. The number of carboxylic acids is 1. The molecule has 0 amide bonds. The van der Waals surface area contributed by atoms with Crippen LogP contribution in [-0.4, -0.2) is 22.4 Å². The second-order valence-electron chi connectivity index (χ2n) is 3.20. The largest absolute Gasteiger partial charge is 0.573 e. The zero-order valence-electron chi connectivity index (χ0n) is 8.68. The smallest absolute Gasteiger partial charge is 0.481 e. The number of aromatic amines is 1. The number of nitrogens with one attached hydrogen (secondary N) is 1. The number of pyridine rings is 1. The molecule has 1 heterocycles. The van der Waals surface area contributed by atoms with Gasteiger partial charge in [-0.2, -0.15) is 0 Å². The molecule has 5 nitrogen and oxygen atoms in total. The van der Waals surface area contributed by atoms with Crippen molar-refractivity contribution in [3.8, 4) is 5.75 Å². The summed E-state index contributed by atoms with van der Waals surface area (Å²) in [5.41, 5.74) is -1.64. The second kappa shape index (κ2) is 5.30. The van der Waals surface area contributed by atoms with Crippen molar-refractivity contribution in [3.63, 3.8) is 0 Å². The lowest BCUT2D eigenvalue weighted by atomic mass is 10.1. The zero-order valence-corrected chi connectivity index (χ0v) is 9.43. The summed E-state index contributed by atoms with van der Waals surface area (Å²) in [5, 5.41) is 8.56. The summed E-state index contributed by atoms with van der Waals surface area (Å²) in [4.78, 5) is 23.9. The van der Waals surface area contributed by atoms with Gasteiger partial charge in [0, 0.05) is 11.8 Å². The molecule has 0 aliphatic heterocycles. The van der Waals surface area contributed by atoms with E-state index in [1.807, 2.05) is 0 Å². The summed E-state index contributed by atoms with van der Waals surface area (Å²) in [6.07, 6.45) is -4.92. The third-order valence-electron chi connectivity index (χ3n) is 1.91. The van der Waals surface area contributed by atoms with E-state index in [1.54, 1.807) is 0 Å². The summed E-state index contributed by atoms with van der Waals surface area (Å²) in [7, 11) is 0. The molecule has 18 heavy (non-hydrogen) atoms. The molecule has 0 bridgehead atoms. The van der Waals surface area contributed by atoms with Crippen molar-refractivity contribution >= 4 is 17.6 Å². The highest BCUT2D eigenvalue weighted by Crippen LogP contribution is 2.29. The summed E-state index contributed by atoms with van der Waals surface area (Å²) in [6, 6.07) is 0. The van der Waals surface area contributed by atoms with Gasteiger partial charge < -0.3 is 14.8 Å². The van der Waals surface area contributed by atoms with Gasteiger partial charge in [-0.05, 0) is 0 Å². The Morgan fingerprint density at radius 3 is 2.56 bits per heavy atom. The molecule has 1 aromatic heterocycles. The van der Waals surface area contributed by atoms with Crippen LogP contribution in [0.15, 0.2) is 11.0 Å². The van der Waals surface area contributed by atoms with Crippen LogP contribution in [0.5, 0.6) is 5.75 Å². The molecule has 0 aliphatic rings. The van der Waals surface area contributed by atoms with Crippen molar-refractivity contribution in [2.24, 2.45) is 0 Å². The maximum Gasteiger partial charge on any atom is 0.573 e. The van der Waals surface area contributed by atoms with E-state index in [4.69, 9.17) is 16.7 Å². The molecule has 0 saturated carbocycles. The van der Waals surface area contributed by atoms with E-state index in [2.05, 4.69) is 9.72 Å². The van der Waals surface area contributed by atoms with Gasteiger partial charge >= 0.3 is 12.3 Å². The van der Waals surface area contributed by atoms with Crippen LogP contribution in [0, 0.1) is 0 Å². The lowest BCUT2D eigenvalue weighted by Gasteiger charge is -2.14. The van der Waals surface area contributed by atoms with Crippen LogP contribution in [0.25, 0.3) is 0 Å². The standard InChI is InChI=1S/C9H7ClF3NO4/c10-2-5-7(18-9(11,12)13)4(1-6(15)16)3-14-8(5)17/h3H,1-2H2,(H,14,17)(H,15,16). The summed E-state index contributed by atoms with van der Waals surface area (Å²) < 4.78 is 40.2. The number of ether oxygens (including phenoxy) is 1. The van der Waals surface area contributed by atoms with Crippen molar-refractivity contribution in [1.29, 1.82) is 0 Å². The van der Waals surface area contributed by atoms with Gasteiger partial charge in [0.15, 0.2) is 0 Å². The summed E-state index contributed by atoms with van der Waals surface area (Å²) in [6.45, 7) is 0. The number of carboxylic acid groups (broad SMARTS) is 1. The maximum atomic E-state index is 12.2. The molecule has 0 atom stereocenters. The Bertz CT molecular complexity index is 512. The molecule has 0 fully saturated rings. The van der Waals surface area contributed by atoms with E-state index >= 15 is 0 Å². The fraction of sp³-hybridized carbons (Fsp3) is 0.333. The minimum Gasteiger partial charge on any atom is -0.481 e. The van der Waals surface area contributed by atoms with E-state index in [0.717, 1.165) is 6.20 Å². The summed E-state index contributed by atoms with van der Waals surface area (Å²) >= 11 is 5.36. The fourth-order valence-corrected chi connectivity index (χ4v) is 1.50. The molecular formula is C9H7ClF3NO4. The average Bonchev–Trinajstić information content (AvgIpc) is 2.20. The van der Waals surface area contributed by atoms with E-state index in [-0.39, 0.29) is 5.56 Å². The number of alkyl halides is 4. The SMILES string of the molecule is O=C(O)Cc1c[nH]c(=O)c(CCl)c1OC(F)(F)F. The van der Waals surface area contributed by atoms with E-state index in [9.17, 15) is 22.8 Å². The van der Waals surface area contributed by atoms with Crippen molar-refractivity contribution in [2.45, 2.75) is 18.7 Å². The number of hydrogen-bond acceptors (Lipinski definition) is 3. The highest BCUT2D eigenvalue weighted by atomic mass is 35.5. The van der Waals surface area contributed by atoms with Gasteiger partial charge in [-0.15, -0.1) is 24.8 Å². The van der Waals surface area contributed by atoms with E-state index in [0.29, 0.717) is 0 Å². The first-order valence-electron chi connectivity index (χ1n) is 4.51. The second-order valence-corrected chi connectivity index (χ2v) is 3.47. The quantitative estimate of drug-likeness (QED) is 0.824. The first-order valence-corrected chi connectivity index (χ1v) is 5.05. The average molecular weight is 286 g/mol. The maximum absolute atomic E-state index is 12.2. The Morgan fingerprint density at radius 2 is 2.11 bits per heavy atom. The van der Waals surface area contributed by atoms with E-state index < -0.39 is 41.5 Å². The number of halogens is 4. The molecular weight excluding hydrogens is 279 g/mol. The molecule has 0 saturated heterocycles. The molecule has 100 valence electrons. The molecule has 0 aliphatic carbocycles. The third kappa shape index (κ3) is 3.66. The van der Waals surface area contributed by atoms with Crippen molar-refractivity contribution in [1.82, 2.24) is 4.98 Å². The summed E-state index contributed by atoms with van der Waals surface area (Å²) in [5.74, 6) is -2.76. The zero-order chi connectivity index (χ0) is 13.9. The normalized spacial score (nSPS) is 11.3. The number of rotatable bonds is 4. The van der Waals surface area contributed by atoms with Crippen LogP contribution in [-0.2, 0) is 17.1 Å². The van der Waals surface area contributed by atoms with Gasteiger partial charge in [0.05, 0.1) is 17.9 Å². The Balaban J connectivity index is 3.34. The van der Waals surface area contributed by atoms with Crippen molar-refractivity contribution < 1.29 is 27.8 Å². The predicted molar refractivity (Wildman–Crippen MR) is 54.6 cm³/mol. The third-order valence-corrected chi connectivity index (χ3v) is 2.18. The molecule has 0 aromatic carbocycles. The topological polar surface area (TPSA) is 79.4 Å². The fourth-order valence-electron chi connectivity index (χ4n) is 1.26. The number of H-pyrrole nitrogens is 1. The van der Waals surface area contributed by atoms with E-state index in [1.165, 1.54) is 0 Å². The van der Waals surface area contributed by atoms with Crippen molar-refractivity contribution in [2.75, 3.05) is 0 Å². The molecule has 9 heteroatoms. The molecule has 0 unspecified atom stereocenters.